The Labute approximate surface area is 141 Å². The summed E-state index contributed by atoms with van der Waals surface area (Å²) in [4.78, 5) is 19.4. The summed E-state index contributed by atoms with van der Waals surface area (Å²) in [6.45, 7) is 7.18. The third kappa shape index (κ3) is 3.05. The maximum absolute atomic E-state index is 13.0. The average molecular weight is 339 g/mol. The van der Waals surface area contributed by atoms with E-state index in [1.54, 1.807) is 0 Å². The average Bonchev–Trinajstić information content (AvgIpc) is 3.12. The molecule has 1 saturated heterocycles. The van der Waals surface area contributed by atoms with Gasteiger partial charge in [-0.25, -0.2) is 4.98 Å². The molecule has 7 heteroatoms. The number of rotatable bonds is 3. The number of hydrogen-bond donors (Lipinski definition) is 1. The third-order valence-corrected chi connectivity index (χ3v) is 4.37. The van der Waals surface area contributed by atoms with E-state index < -0.39 is 0 Å². The van der Waals surface area contributed by atoms with Crippen LogP contribution < -0.4 is 5.73 Å². The molecule has 0 bridgehead atoms. The predicted molar refractivity (Wildman–Crippen MR) is 91.0 cm³/mol. The van der Waals surface area contributed by atoms with Crippen molar-refractivity contribution < 1.29 is 9.32 Å². The largest absolute Gasteiger partial charge is 0.336 e. The molecule has 3 heterocycles. The molecule has 1 aliphatic rings. The Balaban J connectivity index is 0.00000192. The summed E-state index contributed by atoms with van der Waals surface area (Å²) < 4.78 is 5.29. The van der Waals surface area contributed by atoms with Crippen LogP contribution in [0.2, 0.25) is 0 Å². The summed E-state index contributed by atoms with van der Waals surface area (Å²) in [5.74, 6) is 0.221. The van der Waals surface area contributed by atoms with E-state index in [4.69, 9.17) is 10.3 Å². The van der Waals surface area contributed by atoms with Crippen molar-refractivity contribution in [1.29, 1.82) is 0 Å². The van der Waals surface area contributed by atoms with E-state index in [1.165, 1.54) is 0 Å². The molecule has 2 N–H and O–H groups in total. The number of aromatic nitrogens is 2. The van der Waals surface area contributed by atoms with Crippen molar-refractivity contribution in [2.45, 2.75) is 45.6 Å². The van der Waals surface area contributed by atoms with Crippen molar-refractivity contribution in [3.63, 3.8) is 0 Å². The minimum atomic E-state index is 0. The number of halogens is 1. The first-order valence-corrected chi connectivity index (χ1v) is 7.81. The lowest BCUT2D eigenvalue weighted by Gasteiger charge is -2.24. The molecule has 126 valence electrons. The van der Waals surface area contributed by atoms with Gasteiger partial charge in [0.25, 0.3) is 11.6 Å². The highest BCUT2D eigenvalue weighted by molar-refractivity contribution is 6.06. The molecule has 0 spiro atoms. The highest BCUT2D eigenvalue weighted by atomic mass is 35.5. The van der Waals surface area contributed by atoms with Crippen LogP contribution in [-0.2, 0) is 0 Å². The molecular weight excluding hydrogens is 316 g/mol. The van der Waals surface area contributed by atoms with Gasteiger partial charge < -0.3 is 15.2 Å². The Bertz CT molecular complexity index is 713. The SMILES string of the molecule is Cc1noc2nc(C(C)C)cc(C(=O)N3CCCC3CN)c12.Cl. The second-order valence-electron chi connectivity index (χ2n) is 6.23. The Kier molecular flexibility index (Phi) is 5.26. The number of nitrogens with zero attached hydrogens (tertiary/aromatic N) is 3. The molecule has 2 aromatic rings. The Morgan fingerprint density at radius 1 is 1.52 bits per heavy atom. The Morgan fingerprint density at radius 3 is 2.91 bits per heavy atom. The zero-order valence-electron chi connectivity index (χ0n) is 13.7. The van der Waals surface area contributed by atoms with Gasteiger partial charge in [-0.05, 0) is 31.7 Å². The number of hydrogen-bond acceptors (Lipinski definition) is 5. The van der Waals surface area contributed by atoms with E-state index in [0.717, 1.165) is 30.5 Å². The lowest BCUT2D eigenvalue weighted by molar-refractivity contribution is 0.0743. The number of amides is 1. The van der Waals surface area contributed by atoms with Gasteiger partial charge in [0.2, 0.25) is 0 Å². The molecule has 1 aliphatic heterocycles. The van der Waals surface area contributed by atoms with Gasteiger partial charge in [-0.1, -0.05) is 19.0 Å². The molecule has 23 heavy (non-hydrogen) atoms. The van der Waals surface area contributed by atoms with E-state index in [1.807, 2.05) is 31.7 Å². The van der Waals surface area contributed by atoms with Gasteiger partial charge in [-0.15, -0.1) is 12.4 Å². The number of nitrogens with two attached hydrogens (primary N) is 1. The van der Waals surface area contributed by atoms with Crippen molar-refractivity contribution in [1.82, 2.24) is 15.0 Å². The van der Waals surface area contributed by atoms with E-state index in [2.05, 4.69) is 10.1 Å². The highest BCUT2D eigenvalue weighted by Crippen LogP contribution is 2.28. The number of carbonyl (C=O) groups excluding carboxylic acids is 1. The van der Waals surface area contributed by atoms with Gasteiger partial charge >= 0.3 is 0 Å². The van der Waals surface area contributed by atoms with Gasteiger partial charge in [0, 0.05) is 24.8 Å². The second-order valence-corrected chi connectivity index (χ2v) is 6.23. The van der Waals surface area contributed by atoms with Gasteiger partial charge in [0.1, 0.15) is 0 Å². The first-order chi connectivity index (χ1) is 10.5. The maximum atomic E-state index is 13.0. The van der Waals surface area contributed by atoms with Gasteiger partial charge in [-0.2, -0.15) is 0 Å². The number of aryl methyl sites for hydroxylation is 1. The van der Waals surface area contributed by atoms with Crippen molar-refractivity contribution in [3.8, 4) is 0 Å². The van der Waals surface area contributed by atoms with E-state index in [9.17, 15) is 4.79 Å². The molecule has 1 unspecified atom stereocenters. The van der Waals surface area contributed by atoms with Crippen LogP contribution in [0.15, 0.2) is 10.6 Å². The summed E-state index contributed by atoms with van der Waals surface area (Å²) >= 11 is 0. The van der Waals surface area contributed by atoms with Gasteiger partial charge in [-0.3, -0.25) is 4.79 Å². The standard InChI is InChI=1S/C16H22N4O2.ClH/c1-9(2)13-7-12(14-10(3)19-22-15(14)18-13)16(21)20-6-4-5-11(20)8-17;/h7,9,11H,4-6,8,17H2,1-3H3;1H. The van der Waals surface area contributed by atoms with Crippen LogP contribution in [0.5, 0.6) is 0 Å². The normalized spacial score (nSPS) is 17.8. The fourth-order valence-electron chi connectivity index (χ4n) is 3.08. The van der Waals surface area contributed by atoms with E-state index in [0.29, 0.717) is 23.5 Å². The Hall–Kier alpha value is -1.66. The molecule has 1 amide bonds. The van der Waals surface area contributed by atoms with Crippen LogP contribution in [0.25, 0.3) is 11.1 Å². The van der Waals surface area contributed by atoms with Crippen molar-refractivity contribution in [2.24, 2.45) is 5.73 Å². The first kappa shape index (κ1) is 17.7. The summed E-state index contributed by atoms with van der Waals surface area (Å²) in [5.41, 5.74) is 8.42. The molecule has 2 aromatic heterocycles. The zero-order valence-corrected chi connectivity index (χ0v) is 14.5. The van der Waals surface area contributed by atoms with Crippen molar-refractivity contribution in [3.05, 3.63) is 23.0 Å². The fourth-order valence-corrected chi connectivity index (χ4v) is 3.08. The van der Waals surface area contributed by atoms with E-state index in [-0.39, 0.29) is 30.3 Å². The molecule has 0 aliphatic carbocycles. The molecular formula is C16H23ClN4O2. The topological polar surface area (TPSA) is 85.2 Å². The summed E-state index contributed by atoms with van der Waals surface area (Å²) in [7, 11) is 0. The fraction of sp³-hybridized carbons (Fsp3) is 0.562. The molecule has 1 atom stereocenters. The summed E-state index contributed by atoms with van der Waals surface area (Å²) in [6.07, 6.45) is 1.97. The Morgan fingerprint density at radius 2 is 2.26 bits per heavy atom. The van der Waals surface area contributed by atoms with Crippen LogP contribution in [0.4, 0.5) is 0 Å². The van der Waals surface area contributed by atoms with Crippen LogP contribution in [0.3, 0.4) is 0 Å². The number of carbonyl (C=O) groups is 1. The smallest absolute Gasteiger partial charge is 0.259 e. The molecule has 1 fully saturated rings. The minimum Gasteiger partial charge on any atom is -0.336 e. The van der Waals surface area contributed by atoms with Gasteiger partial charge in [0.15, 0.2) is 0 Å². The number of pyridine rings is 1. The lowest BCUT2D eigenvalue weighted by atomic mass is 10.0. The lowest BCUT2D eigenvalue weighted by Crippen LogP contribution is -2.40. The number of fused-ring (bicyclic) bond motifs is 1. The molecule has 0 aromatic carbocycles. The zero-order chi connectivity index (χ0) is 15.9. The van der Waals surface area contributed by atoms with Crippen molar-refractivity contribution >= 4 is 29.4 Å². The maximum Gasteiger partial charge on any atom is 0.259 e. The first-order valence-electron chi connectivity index (χ1n) is 7.81. The monoisotopic (exact) mass is 338 g/mol. The molecule has 6 nitrogen and oxygen atoms in total. The van der Waals surface area contributed by atoms with Crippen LogP contribution >= 0.6 is 12.4 Å². The van der Waals surface area contributed by atoms with Crippen LogP contribution in [0, 0.1) is 6.92 Å². The number of likely N-dealkylation sites (tertiary alicyclic amines) is 1. The van der Waals surface area contributed by atoms with Crippen LogP contribution in [0.1, 0.15) is 54.4 Å². The molecule has 0 saturated carbocycles. The minimum absolute atomic E-state index is 0. The quantitative estimate of drug-likeness (QED) is 0.929. The highest BCUT2D eigenvalue weighted by Gasteiger charge is 2.31. The van der Waals surface area contributed by atoms with Crippen molar-refractivity contribution in [2.75, 3.05) is 13.1 Å². The second kappa shape index (κ2) is 6.84. The predicted octanol–water partition coefficient (Wildman–Crippen LogP) is 2.64. The molecule has 3 rings (SSSR count). The van der Waals surface area contributed by atoms with Gasteiger partial charge in [0.05, 0.1) is 16.6 Å². The summed E-state index contributed by atoms with van der Waals surface area (Å²) in [5, 5.41) is 4.69. The summed E-state index contributed by atoms with van der Waals surface area (Å²) in [6, 6.07) is 2.00. The molecule has 0 radical (unpaired) electrons. The van der Waals surface area contributed by atoms with E-state index >= 15 is 0 Å². The van der Waals surface area contributed by atoms with Crippen LogP contribution in [-0.4, -0.2) is 40.1 Å². The third-order valence-electron chi connectivity index (χ3n) is 4.37.